The molecule has 1 aliphatic heterocycles. The lowest BCUT2D eigenvalue weighted by atomic mass is 10.0. The minimum Gasteiger partial charge on any atom is -0.331 e. The second-order valence-electron chi connectivity index (χ2n) is 5.53. The Balaban J connectivity index is 2.48. The highest BCUT2D eigenvalue weighted by atomic mass is 15.1. The van der Waals surface area contributed by atoms with Gasteiger partial charge in [0.25, 0.3) is 0 Å². The van der Waals surface area contributed by atoms with Crippen LogP contribution in [0.1, 0.15) is 63.7 Å². The van der Waals surface area contributed by atoms with Crippen molar-refractivity contribution in [2.45, 2.75) is 59.4 Å². The largest absolute Gasteiger partial charge is 0.331 e. The van der Waals surface area contributed by atoms with Gasteiger partial charge in [-0.05, 0) is 17.8 Å². The number of fused-ring (bicyclic) bond motifs is 1. The molecule has 1 unspecified atom stereocenters. The molecule has 1 aliphatic rings. The third-order valence-electron chi connectivity index (χ3n) is 3.23. The summed E-state index contributed by atoms with van der Waals surface area (Å²) in [5.74, 6) is 3.23. The topological polar surface area (TPSA) is 17.8 Å². The molecule has 0 saturated heterocycles. The molecular weight excluding hydrogens is 184 g/mol. The van der Waals surface area contributed by atoms with Gasteiger partial charge in [0.1, 0.15) is 5.82 Å². The SMILES string of the molecule is CC1Cc2nc(C(C)C)c(C(C)C)n2C1. The van der Waals surface area contributed by atoms with Crippen molar-refractivity contribution in [1.29, 1.82) is 0 Å². The fourth-order valence-corrected chi connectivity index (χ4v) is 2.61. The van der Waals surface area contributed by atoms with Crippen molar-refractivity contribution in [3.05, 3.63) is 17.2 Å². The maximum atomic E-state index is 4.82. The maximum Gasteiger partial charge on any atom is 0.109 e. The van der Waals surface area contributed by atoms with Gasteiger partial charge in [0.2, 0.25) is 0 Å². The summed E-state index contributed by atoms with van der Waals surface area (Å²) in [6.07, 6.45) is 1.16. The zero-order valence-electron chi connectivity index (χ0n) is 10.5. The van der Waals surface area contributed by atoms with E-state index in [1.165, 1.54) is 23.8 Å². The molecule has 0 spiro atoms. The Morgan fingerprint density at radius 2 is 1.87 bits per heavy atom. The third-order valence-corrected chi connectivity index (χ3v) is 3.23. The average Bonchev–Trinajstić information content (AvgIpc) is 2.58. The van der Waals surface area contributed by atoms with Gasteiger partial charge in [0, 0.05) is 18.7 Å². The minimum absolute atomic E-state index is 0.552. The molecule has 2 rings (SSSR count). The molecule has 0 amide bonds. The van der Waals surface area contributed by atoms with E-state index in [-0.39, 0.29) is 0 Å². The summed E-state index contributed by atoms with van der Waals surface area (Å²) in [6, 6.07) is 0. The first kappa shape index (κ1) is 10.7. The van der Waals surface area contributed by atoms with Crippen molar-refractivity contribution in [3.63, 3.8) is 0 Å². The normalized spacial score (nSPS) is 20.3. The maximum absolute atomic E-state index is 4.82. The van der Waals surface area contributed by atoms with Gasteiger partial charge >= 0.3 is 0 Å². The lowest BCUT2D eigenvalue weighted by Crippen LogP contribution is -2.07. The van der Waals surface area contributed by atoms with Crippen molar-refractivity contribution in [3.8, 4) is 0 Å². The van der Waals surface area contributed by atoms with Crippen LogP contribution in [0.15, 0.2) is 0 Å². The van der Waals surface area contributed by atoms with Crippen LogP contribution in [0, 0.1) is 5.92 Å². The Morgan fingerprint density at radius 3 is 2.40 bits per heavy atom. The van der Waals surface area contributed by atoms with Crippen LogP contribution in [0.4, 0.5) is 0 Å². The number of hydrogen-bond acceptors (Lipinski definition) is 1. The number of hydrogen-bond donors (Lipinski definition) is 0. The first-order valence-corrected chi connectivity index (χ1v) is 6.09. The summed E-state index contributed by atoms with van der Waals surface area (Å²) in [4.78, 5) is 4.82. The Labute approximate surface area is 92.7 Å². The molecule has 0 saturated carbocycles. The second kappa shape index (κ2) is 3.66. The first-order chi connectivity index (χ1) is 7.00. The van der Waals surface area contributed by atoms with Crippen molar-refractivity contribution >= 4 is 0 Å². The van der Waals surface area contributed by atoms with Crippen LogP contribution in [0.2, 0.25) is 0 Å². The average molecular weight is 206 g/mol. The Hall–Kier alpha value is -0.790. The van der Waals surface area contributed by atoms with E-state index in [0.29, 0.717) is 11.8 Å². The first-order valence-electron chi connectivity index (χ1n) is 6.09. The van der Waals surface area contributed by atoms with E-state index in [0.717, 1.165) is 12.3 Å². The van der Waals surface area contributed by atoms with Gasteiger partial charge in [-0.15, -0.1) is 0 Å². The van der Waals surface area contributed by atoms with Gasteiger partial charge in [0.05, 0.1) is 5.69 Å². The number of aromatic nitrogens is 2. The summed E-state index contributed by atoms with van der Waals surface area (Å²) in [6.45, 7) is 12.5. The minimum atomic E-state index is 0.552. The fraction of sp³-hybridized carbons (Fsp3) is 0.769. The molecule has 0 radical (unpaired) electrons. The molecule has 2 heteroatoms. The summed E-state index contributed by atoms with van der Waals surface area (Å²) >= 11 is 0. The van der Waals surface area contributed by atoms with Crippen LogP contribution in [0.5, 0.6) is 0 Å². The Bertz CT molecular complexity index is 361. The summed E-state index contributed by atoms with van der Waals surface area (Å²) in [5, 5.41) is 0. The molecule has 0 N–H and O–H groups in total. The molecule has 84 valence electrons. The molecule has 0 fully saturated rings. The quantitative estimate of drug-likeness (QED) is 0.726. The van der Waals surface area contributed by atoms with Crippen molar-refractivity contribution in [2.75, 3.05) is 0 Å². The van der Waals surface area contributed by atoms with Crippen LogP contribution >= 0.6 is 0 Å². The van der Waals surface area contributed by atoms with Crippen molar-refractivity contribution in [2.24, 2.45) is 5.92 Å². The summed E-state index contributed by atoms with van der Waals surface area (Å²) < 4.78 is 2.46. The number of imidazole rings is 1. The van der Waals surface area contributed by atoms with E-state index >= 15 is 0 Å². The van der Waals surface area contributed by atoms with Crippen LogP contribution < -0.4 is 0 Å². The Kier molecular flexibility index (Phi) is 2.61. The van der Waals surface area contributed by atoms with Gasteiger partial charge < -0.3 is 4.57 Å². The molecule has 1 atom stereocenters. The summed E-state index contributed by atoms with van der Waals surface area (Å²) in [5.41, 5.74) is 2.80. The van der Waals surface area contributed by atoms with Crippen LogP contribution in [0.3, 0.4) is 0 Å². The van der Waals surface area contributed by atoms with Crippen LogP contribution in [0.25, 0.3) is 0 Å². The molecule has 15 heavy (non-hydrogen) atoms. The lowest BCUT2D eigenvalue weighted by molar-refractivity contribution is 0.539. The summed E-state index contributed by atoms with van der Waals surface area (Å²) in [7, 11) is 0. The van der Waals surface area contributed by atoms with Crippen molar-refractivity contribution in [1.82, 2.24) is 9.55 Å². The second-order valence-corrected chi connectivity index (χ2v) is 5.53. The van der Waals surface area contributed by atoms with Gasteiger partial charge in [-0.2, -0.15) is 0 Å². The molecule has 2 heterocycles. The predicted octanol–water partition coefficient (Wildman–Crippen LogP) is 3.32. The fourth-order valence-electron chi connectivity index (χ4n) is 2.61. The zero-order chi connectivity index (χ0) is 11.2. The molecular formula is C13H22N2. The van der Waals surface area contributed by atoms with E-state index < -0.39 is 0 Å². The highest BCUT2D eigenvalue weighted by molar-refractivity contribution is 5.25. The van der Waals surface area contributed by atoms with Gasteiger partial charge in [-0.3, -0.25) is 0 Å². The van der Waals surface area contributed by atoms with Crippen LogP contribution in [-0.2, 0) is 13.0 Å². The third kappa shape index (κ3) is 1.70. The van der Waals surface area contributed by atoms with Gasteiger partial charge in [-0.25, -0.2) is 4.98 Å². The molecule has 0 bridgehead atoms. The van der Waals surface area contributed by atoms with E-state index in [1.54, 1.807) is 0 Å². The number of rotatable bonds is 2. The molecule has 0 aliphatic carbocycles. The zero-order valence-corrected chi connectivity index (χ0v) is 10.5. The van der Waals surface area contributed by atoms with Crippen molar-refractivity contribution < 1.29 is 0 Å². The predicted molar refractivity (Wildman–Crippen MR) is 63.3 cm³/mol. The van der Waals surface area contributed by atoms with Crippen LogP contribution in [-0.4, -0.2) is 9.55 Å². The van der Waals surface area contributed by atoms with Gasteiger partial charge in [-0.1, -0.05) is 34.6 Å². The standard InChI is InChI=1S/C13H22N2/c1-8(2)12-13(9(3)4)15-7-10(5)6-11(15)14-12/h8-10H,6-7H2,1-5H3. The van der Waals surface area contributed by atoms with E-state index in [2.05, 4.69) is 39.2 Å². The Morgan fingerprint density at radius 1 is 1.20 bits per heavy atom. The monoisotopic (exact) mass is 206 g/mol. The smallest absolute Gasteiger partial charge is 0.109 e. The number of nitrogens with zero attached hydrogens (tertiary/aromatic N) is 2. The molecule has 1 aromatic rings. The molecule has 2 nitrogen and oxygen atoms in total. The highest BCUT2D eigenvalue weighted by Crippen LogP contribution is 2.32. The molecule has 1 aromatic heterocycles. The van der Waals surface area contributed by atoms with E-state index in [9.17, 15) is 0 Å². The van der Waals surface area contributed by atoms with E-state index in [1.807, 2.05) is 0 Å². The van der Waals surface area contributed by atoms with E-state index in [4.69, 9.17) is 4.98 Å². The highest BCUT2D eigenvalue weighted by Gasteiger charge is 2.27. The lowest BCUT2D eigenvalue weighted by Gasteiger charge is -2.14. The molecule has 0 aromatic carbocycles. The van der Waals surface area contributed by atoms with Gasteiger partial charge in [0.15, 0.2) is 0 Å².